The van der Waals surface area contributed by atoms with Crippen LogP contribution >= 0.6 is 11.8 Å². The van der Waals surface area contributed by atoms with Gasteiger partial charge in [0.15, 0.2) is 0 Å². The van der Waals surface area contributed by atoms with Gasteiger partial charge in [0.25, 0.3) is 0 Å². The van der Waals surface area contributed by atoms with Gasteiger partial charge in [0.05, 0.1) is 0 Å². The zero-order valence-electron chi connectivity index (χ0n) is 12.3. The van der Waals surface area contributed by atoms with Crippen molar-refractivity contribution in [3.05, 3.63) is 0 Å². The van der Waals surface area contributed by atoms with E-state index in [2.05, 4.69) is 31.1 Å². The minimum absolute atomic E-state index is 0.768. The first-order valence-electron chi connectivity index (χ1n) is 8.12. The number of hydrogen-bond acceptors (Lipinski definition) is 2. The third kappa shape index (κ3) is 4.16. The lowest BCUT2D eigenvalue weighted by Gasteiger charge is -2.34. The maximum absolute atomic E-state index is 3.62. The summed E-state index contributed by atoms with van der Waals surface area (Å²) < 4.78 is 0. The minimum atomic E-state index is 0.768. The molecule has 2 aliphatic rings. The van der Waals surface area contributed by atoms with E-state index in [9.17, 15) is 0 Å². The Hall–Kier alpha value is 0.310. The summed E-state index contributed by atoms with van der Waals surface area (Å²) in [5.41, 5.74) is 0. The second-order valence-corrected chi connectivity index (χ2v) is 7.67. The number of hydrogen-bond donors (Lipinski definition) is 1. The first kappa shape index (κ1) is 14.7. The van der Waals surface area contributed by atoms with Crippen molar-refractivity contribution in [2.75, 3.05) is 12.8 Å². The van der Waals surface area contributed by atoms with Crippen LogP contribution in [0.3, 0.4) is 0 Å². The van der Waals surface area contributed by atoms with Crippen molar-refractivity contribution < 1.29 is 0 Å². The first-order chi connectivity index (χ1) is 8.83. The van der Waals surface area contributed by atoms with Crippen molar-refractivity contribution >= 4 is 11.8 Å². The van der Waals surface area contributed by atoms with E-state index in [0.717, 1.165) is 23.1 Å². The number of thioether (sulfide) groups is 1. The Bertz CT molecular complexity index is 225. The SMILES string of the molecule is CCC1CCCC(C(CSC2CCCC2)NC)C1. The van der Waals surface area contributed by atoms with Crippen LogP contribution in [-0.2, 0) is 0 Å². The molecule has 0 radical (unpaired) electrons. The van der Waals surface area contributed by atoms with Crippen molar-refractivity contribution in [1.29, 1.82) is 0 Å². The molecule has 2 heteroatoms. The molecule has 0 aromatic rings. The third-order valence-electron chi connectivity index (χ3n) is 5.15. The summed E-state index contributed by atoms with van der Waals surface area (Å²) >= 11 is 2.26. The van der Waals surface area contributed by atoms with E-state index in [0.29, 0.717) is 0 Å². The van der Waals surface area contributed by atoms with Gasteiger partial charge in [-0.25, -0.2) is 0 Å². The smallest absolute Gasteiger partial charge is 0.0183 e. The molecule has 0 bridgehead atoms. The molecule has 2 rings (SSSR count). The van der Waals surface area contributed by atoms with Crippen LogP contribution in [-0.4, -0.2) is 24.1 Å². The topological polar surface area (TPSA) is 12.0 Å². The number of rotatable bonds is 6. The molecule has 18 heavy (non-hydrogen) atoms. The van der Waals surface area contributed by atoms with Gasteiger partial charge in [-0.2, -0.15) is 11.8 Å². The second kappa shape index (κ2) is 7.79. The molecule has 0 aromatic carbocycles. The van der Waals surface area contributed by atoms with Crippen LogP contribution in [0.1, 0.15) is 64.7 Å². The molecule has 2 fully saturated rings. The summed E-state index contributed by atoms with van der Waals surface area (Å²) in [6.07, 6.45) is 13.2. The molecule has 0 amide bonds. The van der Waals surface area contributed by atoms with E-state index in [4.69, 9.17) is 0 Å². The quantitative estimate of drug-likeness (QED) is 0.763. The molecule has 0 aromatic heterocycles. The van der Waals surface area contributed by atoms with Crippen molar-refractivity contribution in [3.8, 4) is 0 Å². The summed E-state index contributed by atoms with van der Waals surface area (Å²) in [5, 5.41) is 4.60. The average Bonchev–Trinajstić information content (AvgIpc) is 2.93. The third-order valence-corrected chi connectivity index (χ3v) is 6.65. The Morgan fingerprint density at radius 2 is 1.89 bits per heavy atom. The van der Waals surface area contributed by atoms with Crippen LogP contribution in [0.25, 0.3) is 0 Å². The second-order valence-electron chi connectivity index (χ2n) is 6.34. The van der Waals surface area contributed by atoms with Crippen LogP contribution < -0.4 is 5.32 Å². The highest BCUT2D eigenvalue weighted by atomic mass is 32.2. The normalized spacial score (nSPS) is 31.7. The van der Waals surface area contributed by atoms with E-state index in [1.807, 2.05) is 0 Å². The lowest BCUT2D eigenvalue weighted by molar-refractivity contribution is 0.223. The Morgan fingerprint density at radius 3 is 2.56 bits per heavy atom. The highest BCUT2D eigenvalue weighted by Gasteiger charge is 2.27. The van der Waals surface area contributed by atoms with Crippen molar-refractivity contribution in [2.45, 2.75) is 76.0 Å². The molecule has 0 spiro atoms. The molecule has 106 valence electrons. The Kier molecular flexibility index (Phi) is 6.37. The van der Waals surface area contributed by atoms with Gasteiger partial charge in [-0.15, -0.1) is 0 Å². The van der Waals surface area contributed by atoms with Crippen molar-refractivity contribution in [1.82, 2.24) is 5.32 Å². The molecular weight excluding hydrogens is 238 g/mol. The largest absolute Gasteiger partial charge is 0.316 e. The fourth-order valence-corrected chi connectivity index (χ4v) is 5.40. The van der Waals surface area contributed by atoms with Gasteiger partial charge < -0.3 is 5.32 Å². The minimum Gasteiger partial charge on any atom is -0.316 e. The average molecular weight is 269 g/mol. The van der Waals surface area contributed by atoms with E-state index in [-0.39, 0.29) is 0 Å². The summed E-state index contributed by atoms with van der Waals surface area (Å²) in [6.45, 7) is 2.37. The monoisotopic (exact) mass is 269 g/mol. The fraction of sp³-hybridized carbons (Fsp3) is 1.00. The van der Waals surface area contributed by atoms with Crippen LogP contribution in [0.4, 0.5) is 0 Å². The molecule has 0 aliphatic heterocycles. The zero-order chi connectivity index (χ0) is 12.8. The van der Waals surface area contributed by atoms with Crippen LogP contribution in [0, 0.1) is 11.8 Å². The lowest BCUT2D eigenvalue weighted by Crippen LogP contribution is -2.38. The van der Waals surface area contributed by atoms with Gasteiger partial charge in [-0.3, -0.25) is 0 Å². The van der Waals surface area contributed by atoms with Crippen molar-refractivity contribution in [2.24, 2.45) is 11.8 Å². The van der Waals surface area contributed by atoms with Crippen LogP contribution in [0.2, 0.25) is 0 Å². The summed E-state index contributed by atoms with van der Waals surface area (Å²) in [5.74, 6) is 3.31. The van der Waals surface area contributed by atoms with Gasteiger partial charge in [0, 0.05) is 17.0 Å². The van der Waals surface area contributed by atoms with Gasteiger partial charge in [-0.1, -0.05) is 39.0 Å². The molecule has 3 atom stereocenters. The maximum atomic E-state index is 3.62. The summed E-state index contributed by atoms with van der Waals surface area (Å²) in [7, 11) is 2.18. The summed E-state index contributed by atoms with van der Waals surface area (Å²) in [6, 6.07) is 0.768. The lowest BCUT2D eigenvalue weighted by atomic mass is 9.77. The zero-order valence-corrected chi connectivity index (χ0v) is 13.1. The summed E-state index contributed by atoms with van der Waals surface area (Å²) in [4.78, 5) is 0. The van der Waals surface area contributed by atoms with Gasteiger partial charge >= 0.3 is 0 Å². The molecule has 2 aliphatic carbocycles. The van der Waals surface area contributed by atoms with Gasteiger partial charge in [0.1, 0.15) is 0 Å². The molecule has 1 nitrogen and oxygen atoms in total. The highest BCUT2D eigenvalue weighted by Crippen LogP contribution is 2.35. The van der Waals surface area contributed by atoms with E-state index >= 15 is 0 Å². The molecular formula is C16H31NS. The fourth-order valence-electron chi connectivity index (χ4n) is 3.82. The van der Waals surface area contributed by atoms with Crippen molar-refractivity contribution in [3.63, 3.8) is 0 Å². The van der Waals surface area contributed by atoms with Crippen LogP contribution in [0.5, 0.6) is 0 Å². The maximum Gasteiger partial charge on any atom is 0.0183 e. The van der Waals surface area contributed by atoms with E-state index in [1.54, 1.807) is 0 Å². The van der Waals surface area contributed by atoms with E-state index < -0.39 is 0 Å². The van der Waals surface area contributed by atoms with Gasteiger partial charge in [-0.05, 0) is 44.6 Å². The molecule has 3 unspecified atom stereocenters. The highest BCUT2D eigenvalue weighted by molar-refractivity contribution is 7.99. The Labute approximate surface area is 118 Å². The molecule has 0 heterocycles. The Morgan fingerprint density at radius 1 is 1.11 bits per heavy atom. The standard InChI is InChI=1S/C16H31NS/c1-3-13-7-6-8-14(11-13)16(17-2)12-18-15-9-4-5-10-15/h13-17H,3-12H2,1-2H3. The van der Waals surface area contributed by atoms with Crippen LogP contribution in [0.15, 0.2) is 0 Å². The predicted octanol–water partition coefficient (Wildman–Crippen LogP) is 4.47. The molecule has 0 saturated heterocycles. The Balaban J connectivity index is 1.75. The van der Waals surface area contributed by atoms with Gasteiger partial charge in [0.2, 0.25) is 0 Å². The van der Waals surface area contributed by atoms with E-state index in [1.165, 1.54) is 63.5 Å². The predicted molar refractivity (Wildman–Crippen MR) is 83.3 cm³/mol. The number of nitrogens with one attached hydrogen (secondary N) is 1. The molecule has 1 N–H and O–H groups in total. The molecule has 2 saturated carbocycles. The first-order valence-corrected chi connectivity index (χ1v) is 9.17.